The van der Waals surface area contributed by atoms with E-state index in [-0.39, 0.29) is 12.4 Å². The molecule has 0 aliphatic carbocycles. The molecule has 94 valence electrons. The summed E-state index contributed by atoms with van der Waals surface area (Å²) in [5.41, 5.74) is 2.81. The molecule has 0 amide bonds. The molecule has 1 fully saturated rings. The number of rotatable bonds is 2. The van der Waals surface area contributed by atoms with Gasteiger partial charge in [0.1, 0.15) is 11.9 Å². The molecule has 4 heteroatoms. The number of nitrogens with one attached hydrogen (secondary N) is 1. The smallest absolute Gasteiger partial charge is 0.120 e. The molecule has 0 bridgehead atoms. The van der Waals surface area contributed by atoms with Gasteiger partial charge in [-0.1, -0.05) is 6.07 Å². The predicted octanol–water partition coefficient (Wildman–Crippen LogP) is 1.79. The van der Waals surface area contributed by atoms with E-state index in [1.807, 2.05) is 0 Å². The van der Waals surface area contributed by atoms with E-state index in [9.17, 15) is 0 Å². The summed E-state index contributed by atoms with van der Waals surface area (Å²) >= 11 is 0. The molecule has 2 heterocycles. The molecular weight excluding hydrogens is 236 g/mol. The zero-order valence-corrected chi connectivity index (χ0v) is 10.9. The van der Waals surface area contributed by atoms with Crippen LogP contribution in [0.1, 0.15) is 17.5 Å². The zero-order chi connectivity index (χ0) is 11.0. The average molecular weight is 255 g/mol. The van der Waals surface area contributed by atoms with Crippen LogP contribution in [-0.4, -0.2) is 31.1 Å². The van der Waals surface area contributed by atoms with Crippen LogP contribution in [0, 0.1) is 0 Å². The van der Waals surface area contributed by atoms with Gasteiger partial charge in [0.15, 0.2) is 0 Å². The molecule has 1 atom stereocenters. The van der Waals surface area contributed by atoms with E-state index in [1.165, 1.54) is 11.1 Å². The van der Waals surface area contributed by atoms with Crippen molar-refractivity contribution in [3.05, 3.63) is 29.3 Å². The van der Waals surface area contributed by atoms with Gasteiger partial charge in [-0.25, -0.2) is 0 Å². The third kappa shape index (κ3) is 2.73. The van der Waals surface area contributed by atoms with Crippen molar-refractivity contribution in [2.45, 2.75) is 25.6 Å². The van der Waals surface area contributed by atoms with Crippen LogP contribution in [-0.2, 0) is 13.1 Å². The molecule has 1 aromatic rings. The standard InChI is InChI=1S/C13H18N2O.ClH/c1-15-5-4-13(9-15)16-12-3-2-10-7-14-8-11(10)6-12;/h2-3,6,13-14H,4-5,7-9H2,1H3;1H/t13-;/m1./s1. The van der Waals surface area contributed by atoms with E-state index < -0.39 is 0 Å². The fourth-order valence-electron chi connectivity index (χ4n) is 2.53. The van der Waals surface area contributed by atoms with Gasteiger partial charge in [0.05, 0.1) is 0 Å². The quantitative estimate of drug-likeness (QED) is 0.871. The van der Waals surface area contributed by atoms with E-state index in [1.54, 1.807) is 0 Å². The summed E-state index contributed by atoms with van der Waals surface area (Å²) in [7, 11) is 2.15. The molecule has 2 aliphatic rings. The molecule has 2 aliphatic heterocycles. The number of likely N-dealkylation sites (tertiary alicyclic amines) is 1. The summed E-state index contributed by atoms with van der Waals surface area (Å²) in [6, 6.07) is 6.47. The SMILES string of the molecule is CN1CC[C@@H](Oc2ccc3c(c2)CNC3)C1.Cl. The summed E-state index contributed by atoms with van der Waals surface area (Å²) in [4.78, 5) is 2.32. The van der Waals surface area contributed by atoms with Gasteiger partial charge in [0.2, 0.25) is 0 Å². The van der Waals surface area contributed by atoms with Crippen LogP contribution < -0.4 is 10.1 Å². The first-order valence-corrected chi connectivity index (χ1v) is 5.99. The molecule has 0 aromatic heterocycles. The van der Waals surface area contributed by atoms with Crippen molar-refractivity contribution in [3.8, 4) is 5.75 Å². The highest BCUT2D eigenvalue weighted by atomic mass is 35.5. The molecule has 0 radical (unpaired) electrons. The summed E-state index contributed by atoms with van der Waals surface area (Å²) in [5, 5.41) is 3.35. The van der Waals surface area contributed by atoms with Crippen molar-refractivity contribution in [2.24, 2.45) is 0 Å². The Bertz CT molecular complexity index is 397. The lowest BCUT2D eigenvalue weighted by Crippen LogP contribution is -2.21. The van der Waals surface area contributed by atoms with Crippen LogP contribution >= 0.6 is 12.4 Å². The number of likely N-dealkylation sites (N-methyl/N-ethyl adjacent to an activating group) is 1. The molecular formula is C13H19ClN2O. The van der Waals surface area contributed by atoms with E-state index in [4.69, 9.17) is 4.74 Å². The number of ether oxygens (including phenoxy) is 1. The Kier molecular flexibility index (Phi) is 3.92. The lowest BCUT2D eigenvalue weighted by molar-refractivity contribution is 0.208. The van der Waals surface area contributed by atoms with Crippen molar-refractivity contribution < 1.29 is 4.74 Å². The Morgan fingerprint density at radius 2 is 2.12 bits per heavy atom. The van der Waals surface area contributed by atoms with E-state index in [2.05, 4.69) is 35.5 Å². The number of halogens is 1. The van der Waals surface area contributed by atoms with Gasteiger partial charge in [-0.05, 0) is 36.7 Å². The molecule has 3 nitrogen and oxygen atoms in total. The van der Waals surface area contributed by atoms with Crippen LogP contribution in [0.25, 0.3) is 0 Å². The van der Waals surface area contributed by atoms with Gasteiger partial charge in [-0.15, -0.1) is 12.4 Å². The summed E-state index contributed by atoms with van der Waals surface area (Å²) in [5.74, 6) is 1.03. The zero-order valence-electron chi connectivity index (χ0n) is 10.1. The Morgan fingerprint density at radius 3 is 2.88 bits per heavy atom. The minimum absolute atomic E-state index is 0. The first-order chi connectivity index (χ1) is 7.81. The Labute approximate surface area is 109 Å². The normalized spacial score (nSPS) is 23.2. The van der Waals surface area contributed by atoms with E-state index in [0.717, 1.165) is 38.3 Å². The first kappa shape index (κ1) is 12.7. The lowest BCUT2D eigenvalue weighted by Gasteiger charge is -2.14. The van der Waals surface area contributed by atoms with Crippen molar-refractivity contribution in [2.75, 3.05) is 20.1 Å². The molecule has 1 aromatic carbocycles. The topological polar surface area (TPSA) is 24.5 Å². The summed E-state index contributed by atoms with van der Waals surface area (Å²) < 4.78 is 6.00. The highest BCUT2D eigenvalue weighted by molar-refractivity contribution is 5.85. The maximum absolute atomic E-state index is 6.00. The third-order valence-corrected chi connectivity index (χ3v) is 3.46. The molecule has 1 saturated heterocycles. The average Bonchev–Trinajstić information content (AvgIpc) is 2.87. The largest absolute Gasteiger partial charge is 0.489 e. The number of hydrogen-bond donors (Lipinski definition) is 1. The fourth-order valence-corrected chi connectivity index (χ4v) is 2.53. The molecule has 0 saturated carbocycles. The maximum atomic E-state index is 6.00. The van der Waals surface area contributed by atoms with Gasteiger partial charge in [0, 0.05) is 26.2 Å². The van der Waals surface area contributed by atoms with Crippen LogP contribution in [0.5, 0.6) is 5.75 Å². The Morgan fingerprint density at radius 1 is 1.29 bits per heavy atom. The van der Waals surface area contributed by atoms with Crippen molar-refractivity contribution in [1.82, 2.24) is 10.2 Å². The molecule has 0 spiro atoms. The predicted molar refractivity (Wildman–Crippen MR) is 70.8 cm³/mol. The minimum atomic E-state index is 0. The highest BCUT2D eigenvalue weighted by Gasteiger charge is 2.21. The van der Waals surface area contributed by atoms with Crippen LogP contribution in [0.3, 0.4) is 0 Å². The molecule has 17 heavy (non-hydrogen) atoms. The molecule has 3 rings (SSSR count). The first-order valence-electron chi connectivity index (χ1n) is 5.99. The van der Waals surface area contributed by atoms with Gasteiger partial charge in [-0.3, -0.25) is 0 Å². The number of benzene rings is 1. The van der Waals surface area contributed by atoms with Gasteiger partial charge in [-0.2, -0.15) is 0 Å². The minimum Gasteiger partial charge on any atom is -0.489 e. The van der Waals surface area contributed by atoms with Gasteiger partial charge >= 0.3 is 0 Å². The second kappa shape index (κ2) is 5.25. The Hall–Kier alpha value is -0.770. The lowest BCUT2D eigenvalue weighted by atomic mass is 10.1. The second-order valence-corrected chi connectivity index (χ2v) is 4.82. The molecule has 1 N–H and O–H groups in total. The second-order valence-electron chi connectivity index (χ2n) is 4.82. The number of nitrogens with zero attached hydrogens (tertiary/aromatic N) is 1. The number of hydrogen-bond acceptors (Lipinski definition) is 3. The van der Waals surface area contributed by atoms with Crippen LogP contribution in [0.2, 0.25) is 0 Å². The maximum Gasteiger partial charge on any atom is 0.120 e. The van der Waals surface area contributed by atoms with Crippen molar-refractivity contribution >= 4 is 12.4 Å². The van der Waals surface area contributed by atoms with E-state index >= 15 is 0 Å². The monoisotopic (exact) mass is 254 g/mol. The third-order valence-electron chi connectivity index (χ3n) is 3.46. The fraction of sp³-hybridized carbons (Fsp3) is 0.538. The van der Waals surface area contributed by atoms with Gasteiger partial charge < -0.3 is 15.0 Å². The van der Waals surface area contributed by atoms with E-state index in [0.29, 0.717) is 6.10 Å². The van der Waals surface area contributed by atoms with Crippen LogP contribution in [0.15, 0.2) is 18.2 Å². The summed E-state index contributed by atoms with van der Waals surface area (Å²) in [6.45, 7) is 4.19. The van der Waals surface area contributed by atoms with Gasteiger partial charge in [0.25, 0.3) is 0 Å². The Balaban J connectivity index is 0.00000108. The van der Waals surface area contributed by atoms with Crippen molar-refractivity contribution in [3.63, 3.8) is 0 Å². The molecule has 0 unspecified atom stereocenters. The number of fused-ring (bicyclic) bond motifs is 1. The highest BCUT2D eigenvalue weighted by Crippen LogP contribution is 2.23. The van der Waals surface area contributed by atoms with Crippen LogP contribution in [0.4, 0.5) is 0 Å². The van der Waals surface area contributed by atoms with Crippen molar-refractivity contribution in [1.29, 1.82) is 0 Å². The summed E-state index contributed by atoms with van der Waals surface area (Å²) in [6.07, 6.45) is 1.52.